The zero-order valence-corrected chi connectivity index (χ0v) is 15.6. The van der Waals surface area contributed by atoms with Crippen LogP contribution in [-0.4, -0.2) is 19.2 Å². The summed E-state index contributed by atoms with van der Waals surface area (Å²) in [5.74, 6) is -0.115. The van der Waals surface area contributed by atoms with Crippen molar-refractivity contribution < 1.29 is 14.3 Å². The van der Waals surface area contributed by atoms with Gasteiger partial charge in [-0.25, -0.2) is 4.79 Å². The Labute approximate surface area is 145 Å². The molecule has 0 atom stereocenters. The largest absolute Gasteiger partial charge is 0.490 e. The van der Waals surface area contributed by atoms with Crippen molar-refractivity contribution in [3.63, 3.8) is 0 Å². The first-order valence-corrected chi connectivity index (χ1v) is 8.60. The summed E-state index contributed by atoms with van der Waals surface area (Å²) in [4.78, 5) is 11.5. The first-order chi connectivity index (χ1) is 11.2. The number of esters is 1. The zero-order valence-electron chi connectivity index (χ0n) is 15.6. The molecule has 1 aromatic carbocycles. The summed E-state index contributed by atoms with van der Waals surface area (Å²) in [6.07, 6.45) is 7.25. The fourth-order valence-corrected chi connectivity index (χ4v) is 2.74. The van der Waals surface area contributed by atoms with Crippen LogP contribution in [0.5, 0.6) is 5.75 Å². The molecule has 0 heterocycles. The van der Waals surface area contributed by atoms with Crippen LogP contribution in [-0.2, 0) is 4.74 Å². The van der Waals surface area contributed by atoms with E-state index in [9.17, 15) is 4.79 Å². The maximum absolute atomic E-state index is 11.5. The second-order valence-corrected chi connectivity index (χ2v) is 7.36. The maximum atomic E-state index is 11.5. The van der Waals surface area contributed by atoms with Crippen molar-refractivity contribution in [1.82, 2.24) is 0 Å². The molecule has 0 aliphatic heterocycles. The second kappa shape index (κ2) is 8.81. The third-order valence-electron chi connectivity index (χ3n) is 4.16. The Morgan fingerprint density at radius 3 is 2.04 bits per heavy atom. The van der Waals surface area contributed by atoms with E-state index in [1.807, 2.05) is 13.8 Å². The Morgan fingerprint density at radius 1 is 1.08 bits per heavy atom. The van der Waals surface area contributed by atoms with Crippen LogP contribution in [0.2, 0.25) is 0 Å². The topological polar surface area (TPSA) is 87.6 Å². The molecule has 0 unspecified atom stereocenters. The van der Waals surface area contributed by atoms with Gasteiger partial charge in [0.1, 0.15) is 11.3 Å². The van der Waals surface area contributed by atoms with Gasteiger partial charge in [-0.1, -0.05) is 33.1 Å². The summed E-state index contributed by atoms with van der Waals surface area (Å²) in [7, 11) is 1.30. The third-order valence-corrected chi connectivity index (χ3v) is 4.16. The van der Waals surface area contributed by atoms with Gasteiger partial charge in [0.15, 0.2) is 0 Å². The van der Waals surface area contributed by atoms with Crippen LogP contribution in [0.4, 0.5) is 11.4 Å². The van der Waals surface area contributed by atoms with Gasteiger partial charge in [-0.15, -0.1) is 0 Å². The third kappa shape index (κ3) is 6.30. The van der Waals surface area contributed by atoms with Crippen molar-refractivity contribution in [3.8, 4) is 5.75 Å². The summed E-state index contributed by atoms with van der Waals surface area (Å²) in [6, 6.07) is 2.99. The van der Waals surface area contributed by atoms with Gasteiger partial charge in [-0.05, 0) is 38.2 Å². The molecule has 0 spiro atoms. The number of benzene rings is 1. The fourth-order valence-electron chi connectivity index (χ4n) is 2.74. The SMILES string of the molecule is CC1(C)CCCCC1.COC(=O)c1cc(N)c(N)cc1OC(C)C. The van der Waals surface area contributed by atoms with Crippen molar-refractivity contribution >= 4 is 17.3 Å². The van der Waals surface area contributed by atoms with Crippen LogP contribution in [0.25, 0.3) is 0 Å². The number of rotatable bonds is 3. The Morgan fingerprint density at radius 2 is 1.62 bits per heavy atom. The predicted octanol–water partition coefficient (Wildman–Crippen LogP) is 4.40. The number of nitrogens with two attached hydrogens (primary N) is 2. The molecule has 0 radical (unpaired) electrons. The van der Waals surface area contributed by atoms with Crippen LogP contribution in [0.3, 0.4) is 0 Å². The molecule has 5 nitrogen and oxygen atoms in total. The maximum Gasteiger partial charge on any atom is 0.341 e. The fraction of sp³-hybridized carbons (Fsp3) is 0.632. The zero-order chi connectivity index (χ0) is 18.3. The van der Waals surface area contributed by atoms with E-state index in [0.29, 0.717) is 22.5 Å². The van der Waals surface area contributed by atoms with Gasteiger partial charge in [-0.3, -0.25) is 0 Å². The van der Waals surface area contributed by atoms with Crippen LogP contribution < -0.4 is 16.2 Å². The van der Waals surface area contributed by atoms with Gasteiger partial charge in [0.25, 0.3) is 0 Å². The highest BCUT2D eigenvalue weighted by atomic mass is 16.5. The monoisotopic (exact) mass is 336 g/mol. The number of hydrogen-bond donors (Lipinski definition) is 2. The Kier molecular flexibility index (Phi) is 7.39. The number of carbonyl (C=O) groups excluding carboxylic acids is 1. The molecule has 136 valence electrons. The molecule has 0 saturated heterocycles. The molecule has 1 aliphatic carbocycles. The normalized spacial score (nSPS) is 16.1. The van der Waals surface area contributed by atoms with Crippen LogP contribution >= 0.6 is 0 Å². The van der Waals surface area contributed by atoms with Gasteiger partial charge in [-0.2, -0.15) is 0 Å². The molecule has 1 aliphatic rings. The minimum absolute atomic E-state index is 0.0635. The number of anilines is 2. The van der Waals surface area contributed by atoms with Crippen LogP contribution in [0.1, 0.15) is 70.2 Å². The number of carbonyl (C=O) groups is 1. The van der Waals surface area contributed by atoms with Gasteiger partial charge >= 0.3 is 5.97 Å². The van der Waals surface area contributed by atoms with E-state index >= 15 is 0 Å². The molecular weight excluding hydrogens is 304 g/mol. The van der Waals surface area contributed by atoms with E-state index in [-0.39, 0.29) is 11.7 Å². The lowest BCUT2D eigenvalue weighted by molar-refractivity contribution is 0.0594. The standard InChI is InChI=1S/C11H16N2O3.C8H16/c1-6(2)16-10-5-9(13)8(12)4-7(10)11(14)15-3;1-8(2)6-4-3-5-7-8/h4-6H,12-13H2,1-3H3;3-7H2,1-2H3. The molecule has 4 N–H and O–H groups in total. The summed E-state index contributed by atoms with van der Waals surface area (Å²) < 4.78 is 10.1. The molecule has 0 amide bonds. The lowest BCUT2D eigenvalue weighted by atomic mass is 9.78. The van der Waals surface area contributed by atoms with E-state index in [1.54, 1.807) is 0 Å². The van der Waals surface area contributed by atoms with Crippen molar-refractivity contribution in [2.45, 2.75) is 65.9 Å². The summed E-state index contributed by atoms with van der Waals surface area (Å²) in [6.45, 7) is 8.47. The molecule has 2 rings (SSSR count). The molecule has 1 fully saturated rings. The lowest BCUT2D eigenvalue weighted by Crippen LogP contribution is -2.14. The highest BCUT2D eigenvalue weighted by Crippen LogP contribution is 2.34. The number of hydrogen-bond acceptors (Lipinski definition) is 5. The van der Waals surface area contributed by atoms with Crippen LogP contribution in [0, 0.1) is 5.41 Å². The first kappa shape index (κ1) is 20.1. The molecule has 24 heavy (non-hydrogen) atoms. The highest BCUT2D eigenvalue weighted by molar-refractivity contribution is 5.95. The number of methoxy groups -OCH3 is 1. The lowest BCUT2D eigenvalue weighted by Gasteiger charge is -2.28. The highest BCUT2D eigenvalue weighted by Gasteiger charge is 2.20. The number of nitrogen functional groups attached to an aromatic ring is 2. The van der Waals surface area contributed by atoms with Crippen molar-refractivity contribution in [2.24, 2.45) is 5.41 Å². The Balaban J connectivity index is 0.000000300. The average Bonchev–Trinajstić information content (AvgIpc) is 2.50. The second-order valence-electron chi connectivity index (χ2n) is 7.36. The van der Waals surface area contributed by atoms with E-state index in [2.05, 4.69) is 18.6 Å². The summed E-state index contributed by atoms with van der Waals surface area (Å²) in [5, 5.41) is 0. The molecule has 0 aromatic heterocycles. The summed E-state index contributed by atoms with van der Waals surface area (Å²) >= 11 is 0. The molecule has 5 heteroatoms. The van der Waals surface area contributed by atoms with Crippen LogP contribution in [0.15, 0.2) is 12.1 Å². The van der Waals surface area contributed by atoms with E-state index < -0.39 is 5.97 Å². The average molecular weight is 336 g/mol. The van der Waals surface area contributed by atoms with Crippen molar-refractivity contribution in [2.75, 3.05) is 18.6 Å². The minimum Gasteiger partial charge on any atom is -0.490 e. The van der Waals surface area contributed by atoms with Crippen molar-refractivity contribution in [3.05, 3.63) is 17.7 Å². The smallest absolute Gasteiger partial charge is 0.341 e. The predicted molar refractivity (Wildman–Crippen MR) is 99.2 cm³/mol. The quantitative estimate of drug-likeness (QED) is 0.631. The van der Waals surface area contributed by atoms with Gasteiger partial charge < -0.3 is 20.9 Å². The molecular formula is C19H32N2O3. The molecule has 1 aromatic rings. The van der Waals surface area contributed by atoms with Gasteiger partial charge in [0, 0.05) is 6.07 Å². The van der Waals surface area contributed by atoms with Crippen molar-refractivity contribution in [1.29, 1.82) is 0 Å². The van der Waals surface area contributed by atoms with Gasteiger partial charge in [0.05, 0.1) is 24.6 Å². The van der Waals surface area contributed by atoms with E-state index in [4.69, 9.17) is 16.2 Å². The molecule has 1 saturated carbocycles. The number of ether oxygens (including phenoxy) is 2. The summed E-state index contributed by atoms with van der Waals surface area (Å²) in [5.41, 5.74) is 12.9. The molecule has 0 bridgehead atoms. The van der Waals surface area contributed by atoms with Gasteiger partial charge in [0.2, 0.25) is 0 Å². The minimum atomic E-state index is -0.498. The first-order valence-electron chi connectivity index (χ1n) is 8.60. The van der Waals surface area contributed by atoms with E-state index in [1.165, 1.54) is 51.3 Å². The Bertz CT molecular complexity index is 546. The Hall–Kier alpha value is -1.91. The van der Waals surface area contributed by atoms with E-state index in [0.717, 1.165) is 0 Å².